The van der Waals surface area contributed by atoms with Crippen LogP contribution in [0.4, 0.5) is 0 Å². The molecule has 21 heavy (non-hydrogen) atoms. The van der Waals surface area contributed by atoms with Crippen LogP contribution in [0, 0.1) is 0 Å². The molecule has 1 heterocycles. The van der Waals surface area contributed by atoms with E-state index in [9.17, 15) is 0 Å². The Bertz CT molecular complexity index is 537. The lowest BCUT2D eigenvalue weighted by molar-refractivity contribution is 0.242. The van der Waals surface area contributed by atoms with Crippen LogP contribution in [-0.2, 0) is 0 Å². The molecule has 0 radical (unpaired) electrons. The van der Waals surface area contributed by atoms with E-state index in [1.54, 1.807) is 6.20 Å². The highest BCUT2D eigenvalue weighted by Crippen LogP contribution is 2.21. The predicted molar refractivity (Wildman–Crippen MR) is 86.4 cm³/mol. The maximum atomic E-state index is 5.67. The highest BCUT2D eigenvalue weighted by molar-refractivity contribution is 5.29. The lowest BCUT2D eigenvalue weighted by atomic mass is 10.1. The summed E-state index contributed by atoms with van der Waals surface area (Å²) in [5, 5.41) is 3.59. The van der Waals surface area contributed by atoms with Crippen molar-refractivity contribution in [3.63, 3.8) is 0 Å². The molecule has 112 valence electrons. The summed E-state index contributed by atoms with van der Waals surface area (Å²) >= 11 is 0. The highest BCUT2D eigenvalue weighted by Gasteiger charge is 2.11. The van der Waals surface area contributed by atoms with E-state index in [0.29, 0.717) is 0 Å². The van der Waals surface area contributed by atoms with Crippen molar-refractivity contribution in [1.82, 2.24) is 10.3 Å². The minimum atomic E-state index is 0.206. The van der Waals surface area contributed by atoms with E-state index in [2.05, 4.69) is 42.3 Å². The van der Waals surface area contributed by atoms with Crippen molar-refractivity contribution in [3.8, 4) is 5.75 Å². The molecule has 0 saturated carbocycles. The topological polar surface area (TPSA) is 34.1 Å². The number of hydrogen-bond donors (Lipinski definition) is 1. The predicted octanol–water partition coefficient (Wildman–Crippen LogP) is 4.28. The van der Waals surface area contributed by atoms with Gasteiger partial charge in [0.15, 0.2) is 0 Å². The number of ether oxygens (including phenoxy) is 1. The number of benzene rings is 1. The van der Waals surface area contributed by atoms with Crippen molar-refractivity contribution in [2.45, 2.75) is 45.9 Å². The first-order chi connectivity index (χ1) is 10.1. The third kappa shape index (κ3) is 4.57. The number of hydrogen-bond acceptors (Lipinski definition) is 3. The molecule has 0 aliphatic heterocycles. The zero-order valence-electron chi connectivity index (χ0n) is 13.2. The molecule has 3 heteroatoms. The molecule has 0 aliphatic carbocycles. The maximum absolute atomic E-state index is 5.67. The Morgan fingerprint density at radius 3 is 2.14 bits per heavy atom. The van der Waals surface area contributed by atoms with Gasteiger partial charge in [-0.2, -0.15) is 0 Å². The summed E-state index contributed by atoms with van der Waals surface area (Å²) in [6.45, 7) is 8.40. The Balaban J connectivity index is 1.98. The van der Waals surface area contributed by atoms with E-state index in [-0.39, 0.29) is 18.2 Å². The third-order valence-corrected chi connectivity index (χ3v) is 3.44. The molecule has 1 aromatic heterocycles. The number of nitrogens with one attached hydrogen (secondary N) is 1. The second-order valence-corrected chi connectivity index (χ2v) is 5.63. The molecule has 2 atom stereocenters. The SMILES string of the molecule is CC(C)Oc1ccc(C(C)N[C@H](C)c2cccnc2)cc1. The van der Waals surface area contributed by atoms with E-state index in [0.717, 1.165) is 5.75 Å². The Morgan fingerprint density at radius 2 is 1.57 bits per heavy atom. The van der Waals surface area contributed by atoms with Gasteiger partial charge in [-0.1, -0.05) is 18.2 Å². The highest BCUT2D eigenvalue weighted by atomic mass is 16.5. The lowest BCUT2D eigenvalue weighted by Gasteiger charge is -2.21. The van der Waals surface area contributed by atoms with Crippen molar-refractivity contribution in [2.24, 2.45) is 0 Å². The fourth-order valence-electron chi connectivity index (χ4n) is 2.31. The summed E-state index contributed by atoms with van der Waals surface area (Å²) in [6, 6.07) is 12.9. The summed E-state index contributed by atoms with van der Waals surface area (Å²) in [6.07, 6.45) is 3.91. The van der Waals surface area contributed by atoms with Gasteiger partial charge >= 0.3 is 0 Å². The molecule has 1 N–H and O–H groups in total. The van der Waals surface area contributed by atoms with E-state index < -0.39 is 0 Å². The van der Waals surface area contributed by atoms with Crippen LogP contribution >= 0.6 is 0 Å². The summed E-state index contributed by atoms with van der Waals surface area (Å²) in [4.78, 5) is 4.17. The van der Waals surface area contributed by atoms with Crippen LogP contribution in [-0.4, -0.2) is 11.1 Å². The summed E-state index contributed by atoms with van der Waals surface area (Å²) in [5.41, 5.74) is 2.45. The van der Waals surface area contributed by atoms with Crippen molar-refractivity contribution in [2.75, 3.05) is 0 Å². The van der Waals surface area contributed by atoms with Crippen LogP contribution in [0.3, 0.4) is 0 Å². The largest absolute Gasteiger partial charge is 0.491 e. The van der Waals surface area contributed by atoms with Crippen molar-refractivity contribution >= 4 is 0 Å². The van der Waals surface area contributed by atoms with Crippen LogP contribution in [0.15, 0.2) is 48.8 Å². The van der Waals surface area contributed by atoms with Gasteiger partial charge in [0, 0.05) is 24.5 Å². The number of aromatic nitrogens is 1. The quantitative estimate of drug-likeness (QED) is 0.859. The van der Waals surface area contributed by atoms with E-state index in [4.69, 9.17) is 4.74 Å². The molecule has 1 unspecified atom stereocenters. The zero-order valence-corrected chi connectivity index (χ0v) is 13.2. The monoisotopic (exact) mass is 284 g/mol. The van der Waals surface area contributed by atoms with Gasteiger partial charge in [-0.15, -0.1) is 0 Å². The van der Waals surface area contributed by atoms with Gasteiger partial charge < -0.3 is 10.1 Å². The fourth-order valence-corrected chi connectivity index (χ4v) is 2.31. The molecule has 0 saturated heterocycles. The molecule has 3 nitrogen and oxygen atoms in total. The number of nitrogens with zero attached hydrogens (tertiary/aromatic N) is 1. The first-order valence-electron chi connectivity index (χ1n) is 7.49. The Kier molecular flexibility index (Phi) is 5.34. The van der Waals surface area contributed by atoms with Gasteiger partial charge in [0.1, 0.15) is 5.75 Å². The first kappa shape index (κ1) is 15.5. The van der Waals surface area contributed by atoms with Crippen molar-refractivity contribution in [1.29, 1.82) is 0 Å². The zero-order chi connectivity index (χ0) is 15.2. The third-order valence-electron chi connectivity index (χ3n) is 3.44. The summed E-state index contributed by atoms with van der Waals surface area (Å²) in [5.74, 6) is 0.918. The first-order valence-corrected chi connectivity index (χ1v) is 7.49. The summed E-state index contributed by atoms with van der Waals surface area (Å²) < 4.78 is 5.67. The Hall–Kier alpha value is -1.87. The minimum Gasteiger partial charge on any atom is -0.491 e. The molecule has 1 aromatic carbocycles. The molecule has 0 aliphatic rings. The Morgan fingerprint density at radius 1 is 0.905 bits per heavy atom. The second kappa shape index (κ2) is 7.23. The van der Waals surface area contributed by atoms with Gasteiger partial charge in [0.2, 0.25) is 0 Å². The molecule has 0 bridgehead atoms. The maximum Gasteiger partial charge on any atom is 0.119 e. The number of pyridine rings is 1. The Labute approximate surface area is 127 Å². The molecular weight excluding hydrogens is 260 g/mol. The van der Waals surface area contributed by atoms with E-state index in [1.165, 1.54) is 11.1 Å². The average Bonchev–Trinajstić information content (AvgIpc) is 2.48. The van der Waals surface area contributed by atoms with Crippen LogP contribution < -0.4 is 10.1 Å². The van der Waals surface area contributed by atoms with E-state index >= 15 is 0 Å². The fraction of sp³-hybridized carbons (Fsp3) is 0.389. The van der Waals surface area contributed by atoms with Gasteiger partial charge in [-0.3, -0.25) is 4.98 Å². The van der Waals surface area contributed by atoms with Gasteiger partial charge in [-0.25, -0.2) is 0 Å². The van der Waals surface area contributed by atoms with Gasteiger partial charge in [0.05, 0.1) is 6.10 Å². The van der Waals surface area contributed by atoms with Crippen molar-refractivity contribution in [3.05, 3.63) is 59.9 Å². The standard InChI is InChI=1S/C18H24N2O/c1-13(2)21-18-9-7-16(8-10-18)14(3)20-15(4)17-6-5-11-19-12-17/h5-15,20H,1-4H3/t14?,15-/m1/s1. The van der Waals surface area contributed by atoms with E-state index in [1.807, 2.05) is 38.2 Å². The van der Waals surface area contributed by atoms with Gasteiger partial charge in [-0.05, 0) is 57.0 Å². The van der Waals surface area contributed by atoms with Crippen LogP contribution in [0.5, 0.6) is 5.75 Å². The average molecular weight is 284 g/mol. The van der Waals surface area contributed by atoms with Crippen LogP contribution in [0.2, 0.25) is 0 Å². The van der Waals surface area contributed by atoms with Crippen LogP contribution in [0.1, 0.15) is 50.9 Å². The molecule has 0 fully saturated rings. The summed E-state index contributed by atoms with van der Waals surface area (Å²) in [7, 11) is 0. The second-order valence-electron chi connectivity index (χ2n) is 5.63. The van der Waals surface area contributed by atoms with Crippen LogP contribution in [0.25, 0.3) is 0 Å². The van der Waals surface area contributed by atoms with Gasteiger partial charge in [0.25, 0.3) is 0 Å². The lowest BCUT2D eigenvalue weighted by Crippen LogP contribution is -2.22. The van der Waals surface area contributed by atoms with Crippen molar-refractivity contribution < 1.29 is 4.74 Å². The number of rotatable bonds is 6. The molecule has 0 amide bonds. The molecule has 2 rings (SSSR count). The molecule has 0 spiro atoms. The molecular formula is C18H24N2O. The smallest absolute Gasteiger partial charge is 0.119 e. The minimum absolute atomic E-state index is 0.206. The normalized spacial score (nSPS) is 14.0. The molecule has 2 aromatic rings.